The van der Waals surface area contributed by atoms with E-state index in [4.69, 9.17) is 4.74 Å². The third-order valence-electron chi connectivity index (χ3n) is 3.04. The smallest absolute Gasteiger partial charge is 0.245 e. The third-order valence-corrected chi connectivity index (χ3v) is 3.04. The summed E-state index contributed by atoms with van der Waals surface area (Å²) < 4.78 is 5.58. The fraction of sp³-hybridized carbons (Fsp3) is 0.500. The zero-order valence-corrected chi connectivity index (χ0v) is 11.3. The van der Waals surface area contributed by atoms with Crippen molar-refractivity contribution in [1.29, 1.82) is 0 Å². The van der Waals surface area contributed by atoms with Crippen molar-refractivity contribution in [1.82, 2.24) is 5.32 Å². The second-order valence-electron chi connectivity index (χ2n) is 4.84. The maximum Gasteiger partial charge on any atom is 0.245 e. The second kappa shape index (κ2) is 5.93. The van der Waals surface area contributed by atoms with Crippen molar-refractivity contribution in [3.63, 3.8) is 0 Å². The molecule has 1 aliphatic rings. The number of carbonyl (C=O) groups is 1. The summed E-state index contributed by atoms with van der Waals surface area (Å²) in [6.07, 6.45) is 0.136. The number of hydrogen-bond donors (Lipinski definition) is 2. The van der Waals surface area contributed by atoms with Crippen LogP contribution >= 0.6 is 0 Å². The molecule has 0 aliphatic carbocycles. The molecule has 0 bridgehead atoms. The van der Waals surface area contributed by atoms with Gasteiger partial charge < -0.3 is 20.1 Å². The summed E-state index contributed by atoms with van der Waals surface area (Å²) in [6, 6.07) is 7.09. The average molecular weight is 264 g/mol. The minimum atomic E-state index is -0.509. The molecule has 1 atom stereocenters. The van der Waals surface area contributed by atoms with Gasteiger partial charge >= 0.3 is 0 Å². The minimum Gasteiger partial charge on any atom is -0.491 e. The van der Waals surface area contributed by atoms with Crippen molar-refractivity contribution in [2.24, 2.45) is 0 Å². The van der Waals surface area contributed by atoms with E-state index in [0.717, 1.165) is 11.4 Å². The van der Waals surface area contributed by atoms with Gasteiger partial charge in [0.25, 0.3) is 0 Å². The van der Waals surface area contributed by atoms with E-state index >= 15 is 0 Å². The number of rotatable bonds is 4. The van der Waals surface area contributed by atoms with E-state index in [1.54, 1.807) is 0 Å². The predicted molar refractivity (Wildman–Crippen MR) is 73.4 cm³/mol. The van der Waals surface area contributed by atoms with Crippen molar-refractivity contribution in [2.75, 3.05) is 24.6 Å². The molecule has 1 aromatic carbocycles. The summed E-state index contributed by atoms with van der Waals surface area (Å²) in [5, 5.41) is 12.1. The number of carbonyl (C=O) groups excluding carboxylic acids is 1. The summed E-state index contributed by atoms with van der Waals surface area (Å²) in [4.78, 5) is 13.6. The van der Waals surface area contributed by atoms with Gasteiger partial charge in [-0.25, -0.2) is 0 Å². The molecular weight excluding hydrogens is 244 g/mol. The molecule has 0 aromatic heterocycles. The van der Waals surface area contributed by atoms with Crippen LogP contribution in [0.3, 0.4) is 0 Å². The Balaban J connectivity index is 2.14. The molecule has 1 heterocycles. The lowest BCUT2D eigenvalue weighted by Crippen LogP contribution is -2.57. The van der Waals surface area contributed by atoms with Crippen LogP contribution in [0, 0.1) is 0 Å². The number of aliphatic hydroxyl groups excluding tert-OH is 1. The van der Waals surface area contributed by atoms with E-state index in [1.807, 2.05) is 43.0 Å². The summed E-state index contributed by atoms with van der Waals surface area (Å²) in [5.74, 6) is 0.678. The molecule has 1 unspecified atom stereocenters. The molecule has 104 valence electrons. The molecule has 0 radical (unpaired) electrons. The van der Waals surface area contributed by atoms with Gasteiger partial charge in [0.05, 0.1) is 12.7 Å². The van der Waals surface area contributed by atoms with Crippen molar-refractivity contribution in [3.8, 4) is 5.75 Å². The Morgan fingerprint density at radius 3 is 2.68 bits per heavy atom. The molecule has 2 rings (SSSR count). The van der Waals surface area contributed by atoms with Gasteiger partial charge in [-0.15, -0.1) is 0 Å². The molecule has 1 aromatic rings. The highest BCUT2D eigenvalue weighted by atomic mass is 16.5. The number of piperazine rings is 1. The predicted octanol–water partition coefficient (Wildman–Crippen LogP) is 0.771. The average Bonchev–Trinajstić information content (AvgIpc) is 2.38. The van der Waals surface area contributed by atoms with Gasteiger partial charge in [-0.05, 0) is 38.1 Å². The van der Waals surface area contributed by atoms with Crippen LogP contribution in [0.25, 0.3) is 0 Å². The number of benzene rings is 1. The number of hydrogen-bond acceptors (Lipinski definition) is 4. The molecule has 1 amide bonds. The first-order valence-corrected chi connectivity index (χ1v) is 6.53. The molecule has 19 heavy (non-hydrogen) atoms. The van der Waals surface area contributed by atoms with Crippen LogP contribution in [0.5, 0.6) is 5.75 Å². The van der Waals surface area contributed by atoms with Crippen LogP contribution in [0.1, 0.15) is 13.8 Å². The fourth-order valence-corrected chi connectivity index (χ4v) is 2.19. The normalized spacial score (nSPS) is 19.5. The molecule has 0 saturated carbocycles. The van der Waals surface area contributed by atoms with Crippen LogP contribution in [-0.4, -0.2) is 42.9 Å². The SMILES string of the molecule is CC(C)Oc1ccc(N2CCNC(=O)C2CO)cc1. The lowest BCUT2D eigenvalue weighted by molar-refractivity contribution is -0.124. The zero-order valence-electron chi connectivity index (χ0n) is 11.3. The van der Waals surface area contributed by atoms with E-state index in [0.29, 0.717) is 13.1 Å². The zero-order chi connectivity index (χ0) is 13.8. The van der Waals surface area contributed by atoms with E-state index in [1.165, 1.54) is 0 Å². The standard InChI is InChI=1S/C14H20N2O3/c1-10(2)19-12-5-3-11(4-6-12)16-8-7-15-14(18)13(16)9-17/h3-6,10,13,17H,7-9H2,1-2H3,(H,15,18). The highest BCUT2D eigenvalue weighted by Crippen LogP contribution is 2.22. The maximum atomic E-state index is 11.7. The molecule has 5 heteroatoms. The van der Waals surface area contributed by atoms with Gasteiger partial charge in [0.1, 0.15) is 11.8 Å². The van der Waals surface area contributed by atoms with Crippen LogP contribution < -0.4 is 15.0 Å². The van der Waals surface area contributed by atoms with Crippen LogP contribution in [0.4, 0.5) is 5.69 Å². The Kier molecular flexibility index (Phi) is 4.27. The molecule has 1 aliphatic heterocycles. The van der Waals surface area contributed by atoms with Gasteiger partial charge in [0.15, 0.2) is 0 Å². The monoisotopic (exact) mass is 264 g/mol. The molecule has 1 fully saturated rings. The molecule has 2 N–H and O–H groups in total. The van der Waals surface area contributed by atoms with Crippen molar-refractivity contribution in [3.05, 3.63) is 24.3 Å². The minimum absolute atomic E-state index is 0.128. The summed E-state index contributed by atoms with van der Waals surface area (Å²) in [5.41, 5.74) is 0.921. The number of aliphatic hydroxyl groups is 1. The molecule has 5 nitrogen and oxygen atoms in total. The van der Waals surface area contributed by atoms with Gasteiger partial charge in [0.2, 0.25) is 5.91 Å². The van der Waals surface area contributed by atoms with E-state index in [2.05, 4.69) is 5.32 Å². The van der Waals surface area contributed by atoms with Crippen molar-refractivity contribution >= 4 is 11.6 Å². The molecular formula is C14H20N2O3. The van der Waals surface area contributed by atoms with Gasteiger partial charge in [-0.3, -0.25) is 4.79 Å². The fourth-order valence-electron chi connectivity index (χ4n) is 2.19. The van der Waals surface area contributed by atoms with Crippen LogP contribution in [0.2, 0.25) is 0 Å². The number of nitrogens with zero attached hydrogens (tertiary/aromatic N) is 1. The topological polar surface area (TPSA) is 61.8 Å². The molecule has 0 spiro atoms. The van der Waals surface area contributed by atoms with Gasteiger partial charge in [-0.2, -0.15) is 0 Å². The second-order valence-corrected chi connectivity index (χ2v) is 4.84. The lowest BCUT2D eigenvalue weighted by atomic mass is 10.1. The quantitative estimate of drug-likeness (QED) is 0.843. The number of ether oxygens (including phenoxy) is 1. The van der Waals surface area contributed by atoms with Gasteiger partial charge in [-0.1, -0.05) is 0 Å². The van der Waals surface area contributed by atoms with Crippen LogP contribution in [0.15, 0.2) is 24.3 Å². The first kappa shape index (κ1) is 13.7. The molecule has 1 saturated heterocycles. The maximum absolute atomic E-state index is 11.7. The summed E-state index contributed by atoms with van der Waals surface area (Å²) in [6.45, 7) is 5.06. The third kappa shape index (κ3) is 3.17. The number of nitrogens with one attached hydrogen (secondary N) is 1. The first-order valence-electron chi connectivity index (χ1n) is 6.53. The van der Waals surface area contributed by atoms with E-state index in [-0.39, 0.29) is 18.6 Å². The van der Waals surface area contributed by atoms with E-state index in [9.17, 15) is 9.90 Å². The van der Waals surface area contributed by atoms with Crippen molar-refractivity contribution < 1.29 is 14.6 Å². The van der Waals surface area contributed by atoms with Gasteiger partial charge in [0, 0.05) is 18.8 Å². The summed E-state index contributed by atoms with van der Waals surface area (Å²) >= 11 is 0. The Morgan fingerprint density at radius 1 is 1.42 bits per heavy atom. The first-order chi connectivity index (χ1) is 9.11. The lowest BCUT2D eigenvalue weighted by Gasteiger charge is -2.35. The highest BCUT2D eigenvalue weighted by Gasteiger charge is 2.28. The Hall–Kier alpha value is -1.75. The van der Waals surface area contributed by atoms with E-state index < -0.39 is 6.04 Å². The Bertz CT molecular complexity index is 431. The number of anilines is 1. The number of amides is 1. The Labute approximate surface area is 113 Å². The van der Waals surface area contributed by atoms with Crippen LogP contribution in [-0.2, 0) is 4.79 Å². The Morgan fingerprint density at radius 2 is 2.11 bits per heavy atom. The summed E-state index contributed by atoms with van der Waals surface area (Å²) in [7, 11) is 0. The largest absolute Gasteiger partial charge is 0.491 e. The highest BCUT2D eigenvalue weighted by molar-refractivity contribution is 5.86. The van der Waals surface area contributed by atoms with Crippen molar-refractivity contribution in [2.45, 2.75) is 26.0 Å².